The summed E-state index contributed by atoms with van der Waals surface area (Å²) in [5.74, 6) is -1.64. The van der Waals surface area contributed by atoms with E-state index in [9.17, 15) is 9.59 Å². The first-order valence-corrected chi connectivity index (χ1v) is 12.1. The van der Waals surface area contributed by atoms with Crippen molar-refractivity contribution in [1.82, 2.24) is 0 Å². The molecule has 0 amide bonds. The molecule has 38 heavy (non-hydrogen) atoms. The number of halogens is 1. The van der Waals surface area contributed by atoms with Crippen molar-refractivity contribution >= 4 is 35.5 Å². The van der Waals surface area contributed by atoms with Gasteiger partial charge in [0, 0.05) is 51.1 Å². The summed E-state index contributed by atoms with van der Waals surface area (Å²) in [5, 5.41) is 15.4. The van der Waals surface area contributed by atoms with Gasteiger partial charge in [0.1, 0.15) is 25.1 Å². The van der Waals surface area contributed by atoms with Gasteiger partial charge in [-0.25, -0.2) is 0 Å². The molecule has 1 fully saturated rings. The van der Waals surface area contributed by atoms with Gasteiger partial charge in [-0.2, -0.15) is 0 Å². The maximum absolute atomic E-state index is 11.5. The Morgan fingerprint density at radius 1 is 0.921 bits per heavy atom. The Hall–Kier alpha value is -3.63. The number of benzene rings is 2. The quantitative estimate of drug-likeness (QED) is 0.458. The van der Waals surface area contributed by atoms with Gasteiger partial charge in [-0.15, -0.1) is 0 Å². The second-order valence-corrected chi connectivity index (χ2v) is 8.65. The van der Waals surface area contributed by atoms with E-state index < -0.39 is 11.9 Å². The third-order valence-electron chi connectivity index (χ3n) is 4.74. The van der Waals surface area contributed by atoms with Gasteiger partial charge >= 0.3 is 11.9 Å². The molecular formula is C27H33ClO10. The number of carbonyl (C=O) groups is 4. The summed E-state index contributed by atoms with van der Waals surface area (Å²) < 4.78 is 22.5. The first-order chi connectivity index (χ1) is 17.9. The average Bonchev–Trinajstić information content (AvgIpc) is 2.81. The summed E-state index contributed by atoms with van der Waals surface area (Å²) >= 11 is 6.36. The third-order valence-corrected chi connectivity index (χ3v) is 5.11. The SMILES string of the molecule is CC(=O)O.CC(=O)O.CC(=O)OCC1CC(OC(C)=O)CC(c2ccc(Cl)c(COc3ccccc3)c2)O1. The lowest BCUT2D eigenvalue weighted by molar-refractivity contribution is -0.169. The second-order valence-electron chi connectivity index (χ2n) is 8.24. The van der Waals surface area contributed by atoms with Crippen molar-refractivity contribution < 1.29 is 48.3 Å². The largest absolute Gasteiger partial charge is 0.489 e. The molecule has 2 aromatic rings. The first-order valence-electron chi connectivity index (χ1n) is 11.7. The van der Waals surface area contributed by atoms with Gasteiger partial charge in [0.2, 0.25) is 0 Å². The van der Waals surface area contributed by atoms with Crippen LogP contribution in [0.4, 0.5) is 0 Å². The number of hydrogen-bond donors (Lipinski definition) is 2. The molecule has 3 unspecified atom stereocenters. The number of rotatable bonds is 7. The molecule has 1 aliphatic rings. The lowest BCUT2D eigenvalue weighted by atomic mass is 9.95. The lowest BCUT2D eigenvalue weighted by Crippen LogP contribution is -2.36. The molecule has 0 aromatic heterocycles. The van der Waals surface area contributed by atoms with Gasteiger partial charge in [-0.05, 0) is 29.8 Å². The maximum atomic E-state index is 11.5. The van der Waals surface area contributed by atoms with E-state index >= 15 is 0 Å². The molecule has 2 N–H and O–H groups in total. The normalized spacial score (nSPS) is 17.9. The van der Waals surface area contributed by atoms with Gasteiger partial charge < -0.3 is 29.2 Å². The second kappa shape index (κ2) is 17.0. The molecule has 0 bridgehead atoms. The minimum Gasteiger partial charge on any atom is -0.489 e. The number of carboxylic acid groups (broad SMARTS) is 2. The fourth-order valence-electron chi connectivity index (χ4n) is 3.42. The van der Waals surface area contributed by atoms with E-state index in [2.05, 4.69) is 0 Å². The molecule has 0 aliphatic carbocycles. The predicted octanol–water partition coefficient (Wildman–Crippen LogP) is 4.82. The van der Waals surface area contributed by atoms with E-state index in [0.29, 0.717) is 24.5 Å². The zero-order valence-electron chi connectivity index (χ0n) is 21.7. The summed E-state index contributed by atoms with van der Waals surface area (Å²) in [4.78, 5) is 40.6. The van der Waals surface area contributed by atoms with Crippen LogP contribution in [0.25, 0.3) is 0 Å². The van der Waals surface area contributed by atoms with Crippen LogP contribution in [0, 0.1) is 0 Å². The Labute approximate surface area is 226 Å². The molecule has 10 nitrogen and oxygen atoms in total. The number of carboxylic acids is 2. The Morgan fingerprint density at radius 2 is 1.53 bits per heavy atom. The number of ether oxygens (including phenoxy) is 4. The van der Waals surface area contributed by atoms with Crippen LogP contribution in [0.1, 0.15) is 57.8 Å². The zero-order valence-corrected chi connectivity index (χ0v) is 22.5. The van der Waals surface area contributed by atoms with Crippen LogP contribution in [-0.4, -0.2) is 52.9 Å². The molecule has 208 valence electrons. The van der Waals surface area contributed by atoms with Crippen molar-refractivity contribution in [3.8, 4) is 5.75 Å². The van der Waals surface area contributed by atoms with E-state index in [4.69, 9.17) is 50.4 Å². The van der Waals surface area contributed by atoms with E-state index in [-0.39, 0.29) is 36.9 Å². The fraction of sp³-hybridized carbons (Fsp3) is 0.407. The van der Waals surface area contributed by atoms with Gasteiger partial charge in [-0.3, -0.25) is 19.2 Å². The molecule has 0 spiro atoms. The highest BCUT2D eigenvalue weighted by molar-refractivity contribution is 6.31. The predicted molar refractivity (Wildman–Crippen MR) is 138 cm³/mol. The summed E-state index contributed by atoms with van der Waals surface area (Å²) in [6, 6.07) is 15.1. The van der Waals surface area contributed by atoms with Crippen LogP contribution in [0.2, 0.25) is 5.02 Å². The summed E-state index contributed by atoms with van der Waals surface area (Å²) in [6.07, 6.45) is -0.0212. The van der Waals surface area contributed by atoms with E-state index in [1.165, 1.54) is 13.8 Å². The number of aliphatic carboxylic acids is 2. The van der Waals surface area contributed by atoms with Gasteiger partial charge in [-0.1, -0.05) is 35.9 Å². The standard InChI is InChI=1S/C23H25ClO6.2C2H4O2/c1-15(25)27-14-21-11-20(29-16(2)26)12-23(30-21)17-8-9-22(24)18(10-17)13-28-19-6-4-3-5-7-19;2*1-2(3)4/h3-10,20-21,23H,11-14H2,1-2H3;2*1H3,(H,3,4). The molecule has 11 heteroatoms. The number of carbonyl (C=O) groups excluding carboxylic acids is 2. The third kappa shape index (κ3) is 14.2. The Morgan fingerprint density at radius 3 is 2.08 bits per heavy atom. The molecule has 1 saturated heterocycles. The number of hydrogen-bond acceptors (Lipinski definition) is 8. The van der Waals surface area contributed by atoms with E-state index in [1.54, 1.807) is 6.07 Å². The van der Waals surface area contributed by atoms with Crippen LogP contribution < -0.4 is 4.74 Å². The molecular weight excluding hydrogens is 520 g/mol. The Balaban J connectivity index is 0.000000794. The van der Waals surface area contributed by atoms with Crippen LogP contribution in [0.3, 0.4) is 0 Å². The zero-order chi connectivity index (χ0) is 28.7. The molecule has 0 saturated carbocycles. The molecule has 0 radical (unpaired) electrons. The first kappa shape index (κ1) is 32.4. The minimum atomic E-state index is -0.833. The highest BCUT2D eigenvalue weighted by Crippen LogP contribution is 2.35. The molecule has 3 atom stereocenters. The van der Waals surface area contributed by atoms with Crippen molar-refractivity contribution in [2.45, 2.75) is 65.5 Å². The smallest absolute Gasteiger partial charge is 0.302 e. The Kier molecular flexibility index (Phi) is 14.5. The van der Waals surface area contributed by atoms with Crippen molar-refractivity contribution in [3.63, 3.8) is 0 Å². The summed E-state index contributed by atoms with van der Waals surface area (Å²) in [5.41, 5.74) is 1.73. The topological polar surface area (TPSA) is 146 Å². The van der Waals surface area contributed by atoms with Crippen molar-refractivity contribution in [3.05, 3.63) is 64.7 Å². The van der Waals surface area contributed by atoms with Gasteiger partial charge in [0.25, 0.3) is 11.9 Å². The maximum Gasteiger partial charge on any atom is 0.302 e. The van der Waals surface area contributed by atoms with E-state index in [1.807, 2.05) is 42.5 Å². The van der Waals surface area contributed by atoms with Crippen LogP contribution in [-0.2, 0) is 40.0 Å². The molecule has 3 rings (SSSR count). The van der Waals surface area contributed by atoms with Gasteiger partial charge in [0.05, 0.1) is 12.2 Å². The van der Waals surface area contributed by atoms with Crippen LogP contribution in [0.5, 0.6) is 5.75 Å². The lowest BCUT2D eigenvalue weighted by Gasteiger charge is -2.35. The molecule has 1 heterocycles. The van der Waals surface area contributed by atoms with Crippen molar-refractivity contribution in [2.75, 3.05) is 6.61 Å². The van der Waals surface area contributed by atoms with Crippen LogP contribution >= 0.6 is 11.6 Å². The molecule has 1 aliphatic heterocycles. The van der Waals surface area contributed by atoms with Crippen molar-refractivity contribution in [1.29, 1.82) is 0 Å². The molecule has 2 aromatic carbocycles. The summed E-state index contributed by atoms with van der Waals surface area (Å²) in [6.45, 7) is 5.32. The average molecular weight is 553 g/mol. The minimum absolute atomic E-state index is 0.112. The number of esters is 2. The Bertz CT molecular complexity index is 1040. The van der Waals surface area contributed by atoms with Crippen molar-refractivity contribution in [2.24, 2.45) is 0 Å². The highest BCUT2D eigenvalue weighted by atomic mass is 35.5. The highest BCUT2D eigenvalue weighted by Gasteiger charge is 2.33. The van der Waals surface area contributed by atoms with E-state index in [0.717, 1.165) is 30.7 Å². The fourth-order valence-corrected chi connectivity index (χ4v) is 3.59. The van der Waals surface area contributed by atoms with Gasteiger partial charge in [0.15, 0.2) is 0 Å². The summed E-state index contributed by atoms with van der Waals surface area (Å²) in [7, 11) is 0. The number of para-hydroxylation sites is 1. The monoisotopic (exact) mass is 552 g/mol. The van der Waals surface area contributed by atoms with Crippen LogP contribution in [0.15, 0.2) is 48.5 Å².